The molecular weight excluding hydrogens is 320 g/mol. The highest BCUT2D eigenvalue weighted by atomic mass is 79.9. The van der Waals surface area contributed by atoms with Gasteiger partial charge in [0, 0.05) is 29.2 Å². The molecule has 1 N–H and O–H groups in total. The zero-order valence-electron chi connectivity index (χ0n) is 11.6. The van der Waals surface area contributed by atoms with Gasteiger partial charge in [0.2, 0.25) is 0 Å². The minimum absolute atomic E-state index is 0.132. The van der Waals surface area contributed by atoms with Gasteiger partial charge in [0.1, 0.15) is 5.54 Å². The largest absolute Gasteiger partial charge is 0.467 e. The Kier molecular flexibility index (Phi) is 3.73. The number of nitrogens with zero attached hydrogens (tertiary/aromatic N) is 1. The molecule has 2 aliphatic heterocycles. The summed E-state index contributed by atoms with van der Waals surface area (Å²) in [4.78, 5) is 14.9. The van der Waals surface area contributed by atoms with Crippen LogP contribution in [0.2, 0.25) is 0 Å². The normalized spacial score (nSPS) is 31.9. The highest BCUT2D eigenvalue weighted by Gasteiger charge is 2.52. The molecule has 0 saturated carbocycles. The molecule has 1 aromatic rings. The smallest absolute Gasteiger partial charge is 0.331 e. The maximum absolute atomic E-state index is 12.4. The van der Waals surface area contributed by atoms with Crippen LogP contribution in [-0.4, -0.2) is 43.2 Å². The third-order valence-corrected chi connectivity index (χ3v) is 5.08. The van der Waals surface area contributed by atoms with E-state index < -0.39 is 5.54 Å². The van der Waals surface area contributed by atoms with Crippen LogP contribution in [0.1, 0.15) is 12.8 Å². The molecule has 4 nitrogen and oxygen atoms in total. The summed E-state index contributed by atoms with van der Waals surface area (Å²) in [6.45, 7) is 3.03. The zero-order chi connectivity index (χ0) is 14.2. The average Bonchev–Trinajstić information content (AvgIpc) is 2.88. The molecule has 3 unspecified atom stereocenters. The first-order valence-electron chi connectivity index (χ1n) is 6.98. The third-order valence-electron chi connectivity index (χ3n) is 4.55. The van der Waals surface area contributed by atoms with E-state index in [1.54, 1.807) is 0 Å². The second kappa shape index (κ2) is 5.37. The van der Waals surface area contributed by atoms with Gasteiger partial charge in [0.15, 0.2) is 0 Å². The number of piperidine rings is 1. The Morgan fingerprint density at radius 1 is 1.40 bits per heavy atom. The van der Waals surface area contributed by atoms with Crippen LogP contribution in [-0.2, 0) is 9.53 Å². The third kappa shape index (κ3) is 2.33. The molecule has 108 valence electrons. The number of hydrogen-bond acceptors (Lipinski definition) is 4. The van der Waals surface area contributed by atoms with E-state index in [0.29, 0.717) is 5.92 Å². The molecule has 5 heteroatoms. The number of carbonyl (C=O) groups is 1. The fourth-order valence-electron chi connectivity index (χ4n) is 3.43. The summed E-state index contributed by atoms with van der Waals surface area (Å²) in [6, 6.07) is 7.96. The van der Waals surface area contributed by atoms with Crippen LogP contribution in [0.5, 0.6) is 0 Å². The van der Waals surface area contributed by atoms with Crippen molar-refractivity contribution < 1.29 is 9.53 Å². The highest BCUT2D eigenvalue weighted by Crippen LogP contribution is 2.39. The van der Waals surface area contributed by atoms with E-state index >= 15 is 0 Å². The SMILES string of the molecule is COC(=O)C1(Nc2ccc(Br)cc2)CCN2CCC1C2. The fourth-order valence-corrected chi connectivity index (χ4v) is 3.70. The van der Waals surface area contributed by atoms with Gasteiger partial charge < -0.3 is 15.0 Å². The van der Waals surface area contributed by atoms with Gasteiger partial charge in [-0.25, -0.2) is 4.79 Å². The first-order chi connectivity index (χ1) is 9.64. The number of ether oxygens (including phenoxy) is 1. The molecule has 2 heterocycles. The highest BCUT2D eigenvalue weighted by molar-refractivity contribution is 9.10. The Labute approximate surface area is 127 Å². The van der Waals surface area contributed by atoms with E-state index in [4.69, 9.17) is 4.74 Å². The molecule has 0 radical (unpaired) electrons. The van der Waals surface area contributed by atoms with Crippen molar-refractivity contribution in [3.8, 4) is 0 Å². The lowest BCUT2D eigenvalue weighted by atomic mass is 9.78. The van der Waals surface area contributed by atoms with E-state index in [2.05, 4.69) is 26.1 Å². The number of hydrogen-bond donors (Lipinski definition) is 1. The van der Waals surface area contributed by atoms with Crippen molar-refractivity contribution in [1.29, 1.82) is 0 Å². The first-order valence-corrected chi connectivity index (χ1v) is 7.78. The molecule has 0 amide bonds. The molecule has 2 aliphatic rings. The number of esters is 1. The van der Waals surface area contributed by atoms with Gasteiger partial charge >= 0.3 is 5.97 Å². The summed E-state index contributed by atoms with van der Waals surface area (Å²) < 4.78 is 6.14. The van der Waals surface area contributed by atoms with Crippen LogP contribution < -0.4 is 5.32 Å². The van der Waals surface area contributed by atoms with Crippen LogP contribution >= 0.6 is 15.9 Å². The van der Waals surface area contributed by atoms with Crippen LogP contribution in [0.4, 0.5) is 5.69 Å². The van der Waals surface area contributed by atoms with Gasteiger partial charge in [-0.3, -0.25) is 0 Å². The molecule has 0 aromatic heterocycles. The summed E-state index contributed by atoms with van der Waals surface area (Å²) in [6.07, 6.45) is 1.86. The van der Waals surface area contributed by atoms with Crippen molar-refractivity contribution in [3.63, 3.8) is 0 Å². The number of nitrogens with one attached hydrogen (secondary N) is 1. The van der Waals surface area contributed by atoms with E-state index in [0.717, 1.165) is 42.6 Å². The van der Waals surface area contributed by atoms with Crippen molar-refractivity contribution >= 4 is 27.6 Å². The van der Waals surface area contributed by atoms with Crippen molar-refractivity contribution in [3.05, 3.63) is 28.7 Å². The summed E-state index contributed by atoms with van der Waals surface area (Å²) in [7, 11) is 1.48. The maximum Gasteiger partial charge on any atom is 0.331 e. The molecule has 2 fully saturated rings. The van der Waals surface area contributed by atoms with Gasteiger partial charge in [0.05, 0.1) is 7.11 Å². The quantitative estimate of drug-likeness (QED) is 0.860. The molecule has 2 bridgehead atoms. The Bertz CT molecular complexity index is 505. The number of halogens is 1. The number of carbonyl (C=O) groups excluding carboxylic acids is 1. The molecule has 20 heavy (non-hydrogen) atoms. The summed E-state index contributed by atoms with van der Waals surface area (Å²) in [5, 5.41) is 3.48. The van der Waals surface area contributed by atoms with Gasteiger partial charge in [0.25, 0.3) is 0 Å². The minimum Gasteiger partial charge on any atom is -0.467 e. The Hall–Kier alpha value is -1.07. The summed E-state index contributed by atoms with van der Waals surface area (Å²) in [5.74, 6) is 0.194. The van der Waals surface area contributed by atoms with Crippen LogP contribution in [0.3, 0.4) is 0 Å². The Balaban J connectivity index is 1.90. The van der Waals surface area contributed by atoms with Crippen LogP contribution in [0, 0.1) is 5.92 Å². The Morgan fingerprint density at radius 2 is 2.15 bits per heavy atom. The van der Waals surface area contributed by atoms with Crippen LogP contribution in [0.15, 0.2) is 28.7 Å². The van der Waals surface area contributed by atoms with E-state index in [1.807, 2.05) is 24.3 Å². The monoisotopic (exact) mass is 338 g/mol. The van der Waals surface area contributed by atoms with Gasteiger partial charge in [-0.05, 0) is 43.7 Å². The minimum atomic E-state index is -0.574. The molecule has 0 spiro atoms. The van der Waals surface area contributed by atoms with Gasteiger partial charge in [-0.1, -0.05) is 15.9 Å². The van der Waals surface area contributed by atoms with Crippen molar-refractivity contribution in [2.75, 3.05) is 32.1 Å². The topological polar surface area (TPSA) is 41.6 Å². The number of rotatable bonds is 3. The van der Waals surface area contributed by atoms with Crippen molar-refractivity contribution in [2.45, 2.75) is 18.4 Å². The number of fused-ring (bicyclic) bond motifs is 2. The molecule has 1 aromatic carbocycles. The fraction of sp³-hybridized carbons (Fsp3) is 0.533. The number of anilines is 1. The Morgan fingerprint density at radius 3 is 2.85 bits per heavy atom. The summed E-state index contributed by atoms with van der Waals surface area (Å²) in [5.41, 5.74) is 0.397. The number of benzene rings is 1. The maximum atomic E-state index is 12.4. The van der Waals surface area contributed by atoms with E-state index in [1.165, 1.54) is 7.11 Å². The van der Waals surface area contributed by atoms with Gasteiger partial charge in [-0.15, -0.1) is 0 Å². The second-order valence-corrected chi connectivity index (χ2v) is 6.55. The lowest BCUT2D eigenvalue weighted by molar-refractivity contribution is -0.149. The van der Waals surface area contributed by atoms with E-state index in [-0.39, 0.29) is 5.97 Å². The summed E-state index contributed by atoms with van der Waals surface area (Å²) >= 11 is 3.43. The zero-order valence-corrected chi connectivity index (χ0v) is 13.1. The second-order valence-electron chi connectivity index (χ2n) is 5.63. The van der Waals surface area contributed by atoms with Gasteiger partial charge in [-0.2, -0.15) is 0 Å². The van der Waals surface area contributed by atoms with Crippen molar-refractivity contribution in [2.24, 2.45) is 5.92 Å². The van der Waals surface area contributed by atoms with E-state index in [9.17, 15) is 4.79 Å². The number of methoxy groups -OCH3 is 1. The molecule has 2 saturated heterocycles. The lowest BCUT2D eigenvalue weighted by Crippen LogP contribution is -2.57. The predicted molar refractivity (Wildman–Crippen MR) is 81.7 cm³/mol. The molecule has 3 atom stereocenters. The molecule has 0 aliphatic carbocycles. The first kappa shape index (κ1) is 13.9. The lowest BCUT2D eigenvalue weighted by Gasteiger charge is -2.41. The van der Waals surface area contributed by atoms with Crippen molar-refractivity contribution in [1.82, 2.24) is 4.90 Å². The predicted octanol–water partition coefficient (Wildman–Crippen LogP) is 2.50. The molecule has 3 rings (SSSR count). The molecular formula is C15H19BrN2O2. The average molecular weight is 339 g/mol. The standard InChI is InChI=1S/C15H19BrN2O2/c1-20-14(19)15(7-9-18-8-6-11(15)10-18)17-13-4-2-12(16)3-5-13/h2-5,11,17H,6-10H2,1H3. The van der Waals surface area contributed by atoms with Crippen LogP contribution in [0.25, 0.3) is 0 Å².